The number of benzene rings is 3. The van der Waals surface area contributed by atoms with Gasteiger partial charge in [-0.05, 0) is 55.8 Å². The molecule has 8 nitrogen and oxygen atoms in total. The van der Waals surface area contributed by atoms with E-state index in [0.717, 1.165) is 9.87 Å². The number of nitrogens with zero attached hydrogens (tertiary/aromatic N) is 2. The number of halogens is 1. The van der Waals surface area contributed by atoms with Gasteiger partial charge in [-0.15, -0.1) is 0 Å². The van der Waals surface area contributed by atoms with E-state index < -0.39 is 28.5 Å². The summed E-state index contributed by atoms with van der Waals surface area (Å²) >= 11 is 6.01. The summed E-state index contributed by atoms with van der Waals surface area (Å²) in [6, 6.07) is 20.5. The van der Waals surface area contributed by atoms with Gasteiger partial charge in [0.1, 0.15) is 18.3 Å². The molecule has 3 aromatic rings. The number of para-hydroxylation sites is 2. The summed E-state index contributed by atoms with van der Waals surface area (Å²) in [6.45, 7) is 3.32. The van der Waals surface area contributed by atoms with Gasteiger partial charge in [0.2, 0.25) is 11.8 Å². The third kappa shape index (κ3) is 6.81. The van der Waals surface area contributed by atoms with E-state index in [1.54, 1.807) is 80.6 Å². The molecule has 0 bridgehead atoms. The Kier molecular flexibility index (Phi) is 9.54. The van der Waals surface area contributed by atoms with Crippen LogP contribution in [0.15, 0.2) is 83.8 Å². The van der Waals surface area contributed by atoms with Crippen molar-refractivity contribution in [2.24, 2.45) is 0 Å². The first-order valence-corrected chi connectivity index (χ1v) is 13.5. The fraction of sp³-hybridized carbons (Fsp3) is 0.259. The summed E-state index contributed by atoms with van der Waals surface area (Å²) in [5.41, 5.74) is 0.947. The third-order valence-electron chi connectivity index (χ3n) is 5.75. The van der Waals surface area contributed by atoms with Gasteiger partial charge in [0.05, 0.1) is 17.7 Å². The summed E-state index contributed by atoms with van der Waals surface area (Å²) in [5, 5.41) is 3.27. The van der Waals surface area contributed by atoms with Crippen molar-refractivity contribution in [2.75, 3.05) is 24.5 Å². The predicted octanol–water partition coefficient (Wildman–Crippen LogP) is 4.10. The van der Waals surface area contributed by atoms with E-state index in [1.165, 1.54) is 24.1 Å². The molecule has 2 amide bonds. The molecule has 10 heteroatoms. The van der Waals surface area contributed by atoms with Crippen molar-refractivity contribution in [3.05, 3.63) is 89.4 Å². The largest absolute Gasteiger partial charge is 0.495 e. The third-order valence-corrected chi connectivity index (χ3v) is 7.77. The molecule has 0 aliphatic rings. The number of carbonyl (C=O) groups excluding carboxylic acids is 2. The normalized spacial score (nSPS) is 11.9. The molecule has 0 saturated heterocycles. The van der Waals surface area contributed by atoms with Crippen LogP contribution in [0.3, 0.4) is 0 Å². The highest BCUT2D eigenvalue weighted by atomic mass is 35.5. The van der Waals surface area contributed by atoms with Gasteiger partial charge in [-0.1, -0.05) is 54.1 Å². The number of ether oxygens (including phenoxy) is 1. The molecule has 196 valence electrons. The maximum absolute atomic E-state index is 13.8. The molecule has 3 rings (SSSR count). The minimum absolute atomic E-state index is 0.0229. The quantitative estimate of drug-likeness (QED) is 0.393. The molecule has 0 aliphatic carbocycles. The molecule has 3 aromatic carbocycles. The van der Waals surface area contributed by atoms with Gasteiger partial charge >= 0.3 is 0 Å². The Balaban J connectivity index is 2.05. The van der Waals surface area contributed by atoms with Crippen molar-refractivity contribution in [1.29, 1.82) is 0 Å². The van der Waals surface area contributed by atoms with E-state index in [-0.39, 0.29) is 28.8 Å². The fourth-order valence-electron chi connectivity index (χ4n) is 3.76. The zero-order valence-electron chi connectivity index (χ0n) is 20.9. The number of rotatable bonds is 11. The van der Waals surface area contributed by atoms with Crippen molar-refractivity contribution in [3.8, 4) is 5.75 Å². The van der Waals surface area contributed by atoms with Gasteiger partial charge in [0.25, 0.3) is 10.0 Å². The molecule has 0 radical (unpaired) electrons. The number of likely N-dealkylation sites (N-methyl/N-ethyl adjacent to an activating group) is 1. The summed E-state index contributed by atoms with van der Waals surface area (Å²) in [7, 11) is -2.73. The monoisotopic (exact) mass is 543 g/mol. The lowest BCUT2D eigenvalue weighted by Crippen LogP contribution is -2.51. The number of amides is 2. The Morgan fingerprint density at radius 1 is 0.973 bits per heavy atom. The smallest absolute Gasteiger partial charge is 0.264 e. The van der Waals surface area contributed by atoms with E-state index in [4.69, 9.17) is 16.3 Å². The van der Waals surface area contributed by atoms with Gasteiger partial charge in [0, 0.05) is 18.1 Å². The topological polar surface area (TPSA) is 96.0 Å². The van der Waals surface area contributed by atoms with Crippen LogP contribution >= 0.6 is 11.6 Å². The lowest BCUT2D eigenvalue weighted by molar-refractivity contribution is -0.139. The van der Waals surface area contributed by atoms with Crippen molar-refractivity contribution >= 4 is 39.1 Å². The maximum atomic E-state index is 13.8. The number of anilines is 1. The van der Waals surface area contributed by atoms with E-state index in [0.29, 0.717) is 11.6 Å². The van der Waals surface area contributed by atoms with Gasteiger partial charge in [-0.25, -0.2) is 8.42 Å². The summed E-state index contributed by atoms with van der Waals surface area (Å²) in [5.74, 6) is -0.616. The molecular weight excluding hydrogens is 514 g/mol. The van der Waals surface area contributed by atoms with Gasteiger partial charge in [-0.3, -0.25) is 13.9 Å². The van der Waals surface area contributed by atoms with Crippen molar-refractivity contribution in [3.63, 3.8) is 0 Å². The average molecular weight is 544 g/mol. The highest BCUT2D eigenvalue weighted by Gasteiger charge is 2.33. The molecule has 1 N–H and O–H groups in total. The SMILES string of the molecule is CCNC(=O)C(C)N(Cc1ccc(Cl)cc1)C(=O)CN(c1ccccc1OC)S(=O)(=O)c1ccccc1. The number of hydrogen-bond acceptors (Lipinski definition) is 5. The van der Waals surface area contributed by atoms with Gasteiger partial charge < -0.3 is 15.0 Å². The number of nitrogens with one attached hydrogen (secondary N) is 1. The predicted molar refractivity (Wildman–Crippen MR) is 144 cm³/mol. The number of hydrogen-bond donors (Lipinski definition) is 1. The molecule has 0 aromatic heterocycles. The first-order chi connectivity index (χ1) is 17.7. The lowest BCUT2D eigenvalue weighted by Gasteiger charge is -2.32. The molecular formula is C27H30ClN3O5S. The van der Waals surface area contributed by atoms with E-state index in [2.05, 4.69) is 5.32 Å². The van der Waals surface area contributed by atoms with Crippen LogP contribution in [0.5, 0.6) is 5.75 Å². The molecule has 0 heterocycles. The molecule has 1 unspecified atom stereocenters. The minimum Gasteiger partial charge on any atom is -0.495 e. The first kappa shape index (κ1) is 28.0. The summed E-state index contributed by atoms with van der Waals surface area (Å²) in [6.07, 6.45) is 0. The Morgan fingerprint density at radius 3 is 2.22 bits per heavy atom. The van der Waals surface area contributed by atoms with E-state index in [9.17, 15) is 18.0 Å². The zero-order valence-corrected chi connectivity index (χ0v) is 22.5. The lowest BCUT2D eigenvalue weighted by atomic mass is 10.1. The Labute approximate surface area is 222 Å². The maximum Gasteiger partial charge on any atom is 0.264 e. The zero-order chi connectivity index (χ0) is 27.0. The number of carbonyl (C=O) groups is 2. The second kappa shape index (κ2) is 12.6. The Bertz CT molecular complexity index is 1320. The van der Waals surface area contributed by atoms with Crippen molar-refractivity contribution < 1.29 is 22.7 Å². The average Bonchev–Trinajstić information content (AvgIpc) is 2.91. The molecule has 0 aliphatic heterocycles. The molecule has 1 atom stereocenters. The van der Waals surface area contributed by atoms with Crippen LogP contribution in [0.25, 0.3) is 0 Å². The van der Waals surface area contributed by atoms with Crippen LogP contribution in [0.4, 0.5) is 5.69 Å². The highest BCUT2D eigenvalue weighted by molar-refractivity contribution is 7.92. The minimum atomic E-state index is -4.16. The standard InChI is InChI=1S/C27H30ClN3O5S/c1-4-29-27(33)20(2)30(18-21-14-16-22(28)17-15-21)26(32)19-31(24-12-8-9-13-25(24)36-3)37(34,35)23-10-6-5-7-11-23/h5-17,20H,4,18-19H2,1-3H3,(H,29,33). The number of methoxy groups -OCH3 is 1. The van der Waals surface area contributed by atoms with Crippen LogP contribution in [0.1, 0.15) is 19.4 Å². The second-order valence-electron chi connectivity index (χ2n) is 8.22. The molecule has 0 spiro atoms. The van der Waals surface area contributed by atoms with E-state index >= 15 is 0 Å². The molecule has 0 fully saturated rings. The highest BCUT2D eigenvalue weighted by Crippen LogP contribution is 2.32. The first-order valence-electron chi connectivity index (χ1n) is 11.7. The summed E-state index contributed by atoms with van der Waals surface area (Å²) in [4.78, 5) is 27.9. The van der Waals surface area contributed by atoms with Crippen LogP contribution in [0, 0.1) is 0 Å². The fourth-order valence-corrected chi connectivity index (χ4v) is 5.33. The van der Waals surface area contributed by atoms with Gasteiger partial charge in [-0.2, -0.15) is 0 Å². The van der Waals surface area contributed by atoms with Crippen LogP contribution < -0.4 is 14.4 Å². The molecule has 0 saturated carbocycles. The van der Waals surface area contributed by atoms with Crippen LogP contribution in [-0.4, -0.2) is 51.4 Å². The Morgan fingerprint density at radius 2 is 1.59 bits per heavy atom. The van der Waals surface area contributed by atoms with Crippen molar-refractivity contribution in [2.45, 2.75) is 31.3 Å². The van der Waals surface area contributed by atoms with Crippen LogP contribution in [0.2, 0.25) is 5.02 Å². The summed E-state index contributed by atoms with van der Waals surface area (Å²) < 4.78 is 34.0. The Hall–Kier alpha value is -3.56. The second-order valence-corrected chi connectivity index (χ2v) is 10.5. The van der Waals surface area contributed by atoms with Crippen molar-refractivity contribution in [1.82, 2.24) is 10.2 Å². The number of sulfonamides is 1. The van der Waals surface area contributed by atoms with E-state index in [1.807, 2.05) is 0 Å². The van der Waals surface area contributed by atoms with Crippen LogP contribution in [-0.2, 0) is 26.2 Å². The molecule has 37 heavy (non-hydrogen) atoms. The van der Waals surface area contributed by atoms with Gasteiger partial charge in [0.15, 0.2) is 0 Å².